The molecule has 0 unspecified atom stereocenters. The molecule has 1 amide bonds. The van der Waals surface area contributed by atoms with Gasteiger partial charge in [-0.2, -0.15) is 5.10 Å². The van der Waals surface area contributed by atoms with Gasteiger partial charge in [0.05, 0.1) is 6.20 Å². The molecule has 1 N–H and O–H groups in total. The van der Waals surface area contributed by atoms with E-state index in [0.717, 1.165) is 5.56 Å². The van der Waals surface area contributed by atoms with Crippen molar-refractivity contribution in [2.24, 2.45) is 0 Å². The number of hydrogen-bond acceptors (Lipinski definition) is 3. The van der Waals surface area contributed by atoms with Crippen molar-refractivity contribution in [2.45, 2.75) is 6.54 Å². The van der Waals surface area contributed by atoms with Gasteiger partial charge in [-0.15, -0.1) is 0 Å². The van der Waals surface area contributed by atoms with Crippen LogP contribution >= 0.6 is 23.2 Å². The Morgan fingerprint density at radius 3 is 2.90 bits per heavy atom. The molecule has 0 aliphatic heterocycles. The van der Waals surface area contributed by atoms with Gasteiger partial charge >= 0.3 is 0 Å². The largest absolute Gasteiger partial charge is 0.347 e. The van der Waals surface area contributed by atoms with Gasteiger partial charge in [-0.1, -0.05) is 35.3 Å². The van der Waals surface area contributed by atoms with Gasteiger partial charge in [0.1, 0.15) is 10.8 Å². The van der Waals surface area contributed by atoms with Crippen LogP contribution in [0.4, 0.5) is 0 Å². The standard InChI is InChI=1S/C14H10Cl2N4O/c15-10-3-1-2-9(6-10)7-17-14(21)11-8-20-13(18-11)5-4-12(16)19-20/h1-6,8H,7H2,(H,17,21). The molecular weight excluding hydrogens is 311 g/mol. The lowest BCUT2D eigenvalue weighted by Crippen LogP contribution is -2.23. The molecule has 106 valence electrons. The summed E-state index contributed by atoms with van der Waals surface area (Å²) in [6.07, 6.45) is 1.54. The predicted octanol–water partition coefficient (Wildman–Crippen LogP) is 2.97. The fourth-order valence-electron chi connectivity index (χ4n) is 1.89. The molecule has 0 atom stereocenters. The number of nitrogens with zero attached hydrogens (tertiary/aromatic N) is 3. The first-order chi connectivity index (χ1) is 10.1. The summed E-state index contributed by atoms with van der Waals surface area (Å²) in [7, 11) is 0. The second-order valence-corrected chi connectivity index (χ2v) is 5.22. The molecule has 3 aromatic rings. The van der Waals surface area contributed by atoms with Gasteiger partial charge in [-0.25, -0.2) is 9.50 Å². The van der Waals surface area contributed by atoms with Crippen LogP contribution in [0, 0.1) is 0 Å². The Morgan fingerprint density at radius 1 is 1.24 bits per heavy atom. The van der Waals surface area contributed by atoms with Crippen LogP contribution in [-0.2, 0) is 6.54 Å². The first kappa shape index (κ1) is 13.9. The maximum atomic E-state index is 12.1. The number of benzene rings is 1. The van der Waals surface area contributed by atoms with Crippen LogP contribution in [0.15, 0.2) is 42.6 Å². The van der Waals surface area contributed by atoms with E-state index in [0.29, 0.717) is 22.4 Å². The van der Waals surface area contributed by atoms with Crippen LogP contribution in [0.5, 0.6) is 0 Å². The van der Waals surface area contributed by atoms with E-state index in [1.165, 1.54) is 10.7 Å². The van der Waals surface area contributed by atoms with E-state index in [1.54, 1.807) is 24.3 Å². The topological polar surface area (TPSA) is 59.3 Å². The third-order valence-electron chi connectivity index (χ3n) is 2.86. The lowest BCUT2D eigenvalue weighted by atomic mass is 10.2. The minimum absolute atomic E-state index is 0.281. The zero-order valence-corrected chi connectivity index (χ0v) is 12.3. The summed E-state index contributed by atoms with van der Waals surface area (Å²) in [5.74, 6) is -0.281. The van der Waals surface area contributed by atoms with Crippen LogP contribution < -0.4 is 5.32 Å². The van der Waals surface area contributed by atoms with Gasteiger partial charge in [0.2, 0.25) is 0 Å². The third-order valence-corrected chi connectivity index (χ3v) is 3.30. The molecule has 0 aliphatic rings. The first-order valence-electron chi connectivity index (χ1n) is 6.16. The van der Waals surface area contributed by atoms with E-state index in [-0.39, 0.29) is 11.6 Å². The van der Waals surface area contributed by atoms with Crippen LogP contribution in [0.2, 0.25) is 10.2 Å². The number of fused-ring (bicyclic) bond motifs is 1. The molecular formula is C14H10Cl2N4O. The van der Waals surface area contributed by atoms with Crippen molar-refractivity contribution in [2.75, 3.05) is 0 Å². The fraction of sp³-hybridized carbons (Fsp3) is 0.0714. The number of nitrogens with one attached hydrogen (secondary N) is 1. The number of aromatic nitrogens is 3. The Labute approximate surface area is 130 Å². The smallest absolute Gasteiger partial charge is 0.271 e. The molecule has 0 aliphatic carbocycles. The monoisotopic (exact) mass is 320 g/mol. The molecule has 2 aromatic heterocycles. The highest BCUT2D eigenvalue weighted by Gasteiger charge is 2.11. The zero-order chi connectivity index (χ0) is 14.8. The lowest BCUT2D eigenvalue weighted by Gasteiger charge is -2.03. The summed E-state index contributed by atoms with van der Waals surface area (Å²) in [6, 6.07) is 10.6. The number of rotatable bonds is 3. The molecule has 0 spiro atoms. The van der Waals surface area contributed by atoms with Crippen molar-refractivity contribution >= 4 is 34.8 Å². The second-order valence-electron chi connectivity index (χ2n) is 4.40. The van der Waals surface area contributed by atoms with Gasteiger partial charge in [-0.05, 0) is 29.8 Å². The molecule has 0 fully saturated rings. The van der Waals surface area contributed by atoms with E-state index in [9.17, 15) is 4.79 Å². The van der Waals surface area contributed by atoms with E-state index < -0.39 is 0 Å². The quantitative estimate of drug-likeness (QED) is 0.807. The molecule has 5 nitrogen and oxygen atoms in total. The number of halogens is 2. The molecule has 0 bridgehead atoms. The summed E-state index contributed by atoms with van der Waals surface area (Å²) in [5, 5.41) is 7.79. The number of imidazole rings is 1. The van der Waals surface area contributed by atoms with Crippen molar-refractivity contribution < 1.29 is 4.79 Å². The van der Waals surface area contributed by atoms with E-state index in [4.69, 9.17) is 23.2 Å². The third kappa shape index (κ3) is 3.15. The summed E-state index contributed by atoms with van der Waals surface area (Å²) in [5.41, 5.74) is 1.76. The lowest BCUT2D eigenvalue weighted by molar-refractivity contribution is 0.0946. The van der Waals surface area contributed by atoms with Crippen molar-refractivity contribution in [1.29, 1.82) is 0 Å². The normalized spacial score (nSPS) is 10.8. The average Bonchev–Trinajstić information content (AvgIpc) is 2.88. The molecule has 7 heteroatoms. The number of carbonyl (C=O) groups excluding carboxylic acids is 1. The van der Waals surface area contributed by atoms with E-state index in [1.807, 2.05) is 12.1 Å². The summed E-state index contributed by atoms with van der Waals surface area (Å²) in [6.45, 7) is 0.376. The maximum absolute atomic E-state index is 12.1. The highest BCUT2D eigenvalue weighted by Crippen LogP contribution is 2.11. The summed E-state index contributed by atoms with van der Waals surface area (Å²) >= 11 is 11.7. The number of hydrogen-bond donors (Lipinski definition) is 1. The molecule has 0 saturated heterocycles. The maximum Gasteiger partial charge on any atom is 0.271 e. The average molecular weight is 321 g/mol. The van der Waals surface area contributed by atoms with Crippen LogP contribution in [0.25, 0.3) is 5.65 Å². The van der Waals surface area contributed by atoms with Crippen molar-refractivity contribution in [1.82, 2.24) is 19.9 Å². The Kier molecular flexibility index (Phi) is 3.77. The fourth-order valence-corrected chi connectivity index (χ4v) is 2.25. The molecule has 21 heavy (non-hydrogen) atoms. The molecule has 3 rings (SSSR count). The number of carbonyl (C=O) groups is 1. The van der Waals surface area contributed by atoms with Crippen molar-refractivity contribution in [3.8, 4) is 0 Å². The van der Waals surface area contributed by atoms with Crippen LogP contribution in [0.3, 0.4) is 0 Å². The highest BCUT2D eigenvalue weighted by atomic mass is 35.5. The highest BCUT2D eigenvalue weighted by molar-refractivity contribution is 6.30. The van der Waals surface area contributed by atoms with Gasteiger partial charge in [0.25, 0.3) is 5.91 Å². The molecule has 2 heterocycles. The van der Waals surface area contributed by atoms with Crippen molar-refractivity contribution in [3.63, 3.8) is 0 Å². The minimum atomic E-state index is -0.281. The first-order valence-corrected chi connectivity index (χ1v) is 6.92. The molecule has 0 radical (unpaired) electrons. The van der Waals surface area contributed by atoms with Gasteiger partial charge in [0, 0.05) is 11.6 Å². The van der Waals surface area contributed by atoms with Gasteiger partial charge in [0.15, 0.2) is 5.65 Å². The molecule has 0 saturated carbocycles. The Balaban J connectivity index is 1.74. The predicted molar refractivity (Wildman–Crippen MR) is 80.6 cm³/mol. The van der Waals surface area contributed by atoms with Crippen LogP contribution in [0.1, 0.15) is 16.1 Å². The van der Waals surface area contributed by atoms with Crippen molar-refractivity contribution in [3.05, 3.63) is 64.0 Å². The zero-order valence-electron chi connectivity index (χ0n) is 10.8. The summed E-state index contributed by atoms with van der Waals surface area (Å²) < 4.78 is 1.47. The Bertz CT molecular complexity index is 816. The van der Waals surface area contributed by atoms with Gasteiger partial charge < -0.3 is 5.32 Å². The Hall–Kier alpha value is -2.11. The van der Waals surface area contributed by atoms with E-state index in [2.05, 4.69) is 15.4 Å². The summed E-state index contributed by atoms with van der Waals surface area (Å²) in [4.78, 5) is 16.3. The van der Waals surface area contributed by atoms with Crippen LogP contribution in [-0.4, -0.2) is 20.5 Å². The molecule has 1 aromatic carbocycles. The SMILES string of the molecule is O=C(NCc1cccc(Cl)c1)c1cn2nc(Cl)ccc2n1. The Morgan fingerprint density at radius 2 is 2.10 bits per heavy atom. The minimum Gasteiger partial charge on any atom is -0.347 e. The van der Waals surface area contributed by atoms with E-state index >= 15 is 0 Å². The number of amides is 1. The van der Waals surface area contributed by atoms with Gasteiger partial charge in [-0.3, -0.25) is 4.79 Å². The second kappa shape index (κ2) is 5.71.